The molecule has 4 aliphatic heterocycles. The molecule has 332 valence electrons. The van der Waals surface area contributed by atoms with Gasteiger partial charge in [-0.2, -0.15) is 0 Å². The van der Waals surface area contributed by atoms with Crippen LogP contribution in [0.15, 0.2) is 66.6 Å². The summed E-state index contributed by atoms with van der Waals surface area (Å²) in [5, 5.41) is 10.9. The summed E-state index contributed by atoms with van der Waals surface area (Å²) in [5.74, 6) is 2.95. The number of piperidine rings is 1. The molecule has 62 heavy (non-hydrogen) atoms. The molecule has 0 saturated carbocycles. The van der Waals surface area contributed by atoms with Gasteiger partial charge in [0, 0.05) is 69.2 Å². The number of rotatable bonds is 14. The largest absolute Gasteiger partial charge is 0.493 e. The van der Waals surface area contributed by atoms with Crippen molar-refractivity contribution in [1.29, 1.82) is 0 Å². The van der Waals surface area contributed by atoms with E-state index in [1.54, 1.807) is 39.9 Å². The zero-order valence-electron chi connectivity index (χ0n) is 37.4. The van der Waals surface area contributed by atoms with Crippen molar-refractivity contribution in [2.75, 3.05) is 61.3 Å². The topological polar surface area (TPSA) is 121 Å². The van der Waals surface area contributed by atoms with Crippen LogP contribution in [0, 0.1) is 17.8 Å². The third kappa shape index (κ3) is 8.05. The summed E-state index contributed by atoms with van der Waals surface area (Å²) in [6.07, 6.45) is 8.60. The number of hydrogen-bond acceptors (Lipinski definition) is 10. The normalized spacial score (nSPS) is 24.6. The number of nitrogens with zero attached hydrogens (tertiary/aromatic N) is 3. The average molecular weight is 850 g/mol. The van der Waals surface area contributed by atoms with E-state index in [1.807, 2.05) is 48.4 Å². The number of aliphatic hydroxyl groups is 1. The zero-order valence-corrected chi connectivity index (χ0v) is 37.4. The van der Waals surface area contributed by atoms with Crippen molar-refractivity contribution in [3.63, 3.8) is 0 Å². The molecule has 0 radical (unpaired) electrons. The van der Waals surface area contributed by atoms with Crippen LogP contribution in [0.25, 0.3) is 10.9 Å². The second-order valence-corrected chi connectivity index (χ2v) is 17.3. The van der Waals surface area contributed by atoms with Crippen molar-refractivity contribution in [3.8, 4) is 23.0 Å². The van der Waals surface area contributed by atoms with Crippen molar-refractivity contribution < 1.29 is 43.1 Å². The minimum atomic E-state index is -0.740. The van der Waals surface area contributed by atoms with Crippen LogP contribution >= 0.6 is 0 Å². The van der Waals surface area contributed by atoms with Crippen molar-refractivity contribution in [2.45, 2.75) is 90.0 Å². The number of carbonyl (C=O) groups is 2. The summed E-state index contributed by atoms with van der Waals surface area (Å²) >= 11 is 0. The number of hydrogen-bond donors (Lipinski definition) is 1. The predicted molar refractivity (Wildman–Crippen MR) is 237 cm³/mol. The molecule has 12 heteroatoms. The van der Waals surface area contributed by atoms with Crippen LogP contribution in [0.1, 0.15) is 103 Å². The Bertz CT molecular complexity index is 2300. The van der Waals surface area contributed by atoms with E-state index >= 15 is 4.79 Å². The van der Waals surface area contributed by atoms with Gasteiger partial charge >= 0.3 is 0 Å². The lowest BCUT2D eigenvalue weighted by atomic mass is 9.72. The lowest BCUT2D eigenvalue weighted by molar-refractivity contribution is -0.171. The van der Waals surface area contributed by atoms with Gasteiger partial charge in [-0.25, -0.2) is 0 Å². The van der Waals surface area contributed by atoms with Crippen LogP contribution in [0.2, 0.25) is 0 Å². The summed E-state index contributed by atoms with van der Waals surface area (Å²) < 4.78 is 37.9. The van der Waals surface area contributed by atoms with Gasteiger partial charge in [-0.3, -0.25) is 19.1 Å². The molecule has 0 aliphatic carbocycles. The zero-order chi connectivity index (χ0) is 43.7. The lowest BCUT2D eigenvalue weighted by Gasteiger charge is -2.49. The maximum atomic E-state index is 15.5. The van der Waals surface area contributed by atoms with Crippen molar-refractivity contribution in [1.82, 2.24) is 14.4 Å². The molecular weight excluding hydrogens is 787 g/mol. The van der Waals surface area contributed by atoms with Crippen molar-refractivity contribution in [2.24, 2.45) is 17.8 Å². The molecule has 0 bridgehead atoms. The maximum Gasteiger partial charge on any atom is 0.289 e. The highest BCUT2D eigenvalue weighted by atomic mass is 16.7. The number of allylic oxidation sites excluding steroid dienone is 1. The molecule has 5 heterocycles. The van der Waals surface area contributed by atoms with E-state index in [9.17, 15) is 9.90 Å². The van der Waals surface area contributed by atoms with Gasteiger partial charge in [-0.1, -0.05) is 31.5 Å². The van der Waals surface area contributed by atoms with E-state index in [-0.39, 0.29) is 48.1 Å². The molecule has 1 N–H and O–H groups in total. The molecule has 4 aromatic rings. The molecule has 1 fully saturated rings. The van der Waals surface area contributed by atoms with E-state index in [0.717, 1.165) is 77.9 Å². The Kier molecular flexibility index (Phi) is 13.2. The minimum Gasteiger partial charge on any atom is -0.493 e. The molecule has 1 aromatic heterocycles. The summed E-state index contributed by atoms with van der Waals surface area (Å²) in [5.41, 5.74) is 6.55. The number of amides is 1. The third-order valence-electron chi connectivity index (χ3n) is 14.2. The molecule has 8 rings (SSSR count). The summed E-state index contributed by atoms with van der Waals surface area (Å²) in [6, 6.07) is 16.3. The fraction of sp³-hybridized carbons (Fsp3) is 0.520. The predicted octanol–water partition coefficient (Wildman–Crippen LogP) is 8.25. The second kappa shape index (κ2) is 18.7. The van der Waals surface area contributed by atoms with Gasteiger partial charge in [0.1, 0.15) is 0 Å². The number of aliphatic hydroxyl groups excluding tert-OH is 1. The molecule has 1 amide bonds. The number of ether oxygens (including phenoxy) is 6. The van der Waals surface area contributed by atoms with Crippen molar-refractivity contribution >= 4 is 22.7 Å². The first-order chi connectivity index (χ1) is 30.2. The van der Waals surface area contributed by atoms with E-state index in [0.29, 0.717) is 55.7 Å². The van der Waals surface area contributed by atoms with Gasteiger partial charge in [0.2, 0.25) is 12.2 Å². The molecule has 4 aliphatic rings. The molecule has 7 atom stereocenters. The highest BCUT2D eigenvalue weighted by Gasteiger charge is 2.45. The Hall–Kier alpha value is -5.04. The van der Waals surface area contributed by atoms with E-state index < -0.39 is 6.29 Å². The average Bonchev–Trinajstić information content (AvgIpc) is 3.69. The molecule has 0 unspecified atom stereocenters. The third-order valence-corrected chi connectivity index (χ3v) is 14.2. The monoisotopic (exact) mass is 849 g/mol. The highest BCUT2D eigenvalue weighted by molar-refractivity contribution is 5.95. The Balaban J connectivity index is 1.20. The fourth-order valence-corrected chi connectivity index (χ4v) is 11.1. The van der Waals surface area contributed by atoms with Crippen LogP contribution in [0.5, 0.6) is 23.0 Å². The summed E-state index contributed by atoms with van der Waals surface area (Å²) in [6.45, 7) is 8.63. The smallest absolute Gasteiger partial charge is 0.289 e. The summed E-state index contributed by atoms with van der Waals surface area (Å²) in [7, 11) is 6.70. The van der Waals surface area contributed by atoms with Gasteiger partial charge in [0.15, 0.2) is 28.8 Å². The van der Waals surface area contributed by atoms with Gasteiger partial charge < -0.3 is 38.4 Å². The van der Waals surface area contributed by atoms with E-state index in [4.69, 9.17) is 28.4 Å². The van der Waals surface area contributed by atoms with Gasteiger partial charge in [-0.15, -0.1) is 0 Å². The quantitative estimate of drug-likeness (QED) is 0.133. The lowest BCUT2D eigenvalue weighted by Crippen LogP contribution is -2.48. The van der Waals surface area contributed by atoms with Crippen LogP contribution in [0.4, 0.5) is 0 Å². The Morgan fingerprint density at radius 3 is 2.16 bits per heavy atom. The summed E-state index contributed by atoms with van der Waals surface area (Å²) in [4.78, 5) is 33.1. The Morgan fingerprint density at radius 1 is 0.839 bits per heavy atom. The van der Waals surface area contributed by atoms with Gasteiger partial charge in [0.05, 0.1) is 40.0 Å². The van der Waals surface area contributed by atoms with Crippen LogP contribution in [0.3, 0.4) is 0 Å². The first-order valence-electron chi connectivity index (χ1n) is 22.4. The highest BCUT2D eigenvalue weighted by Crippen LogP contribution is 2.50. The maximum absolute atomic E-state index is 15.5. The number of aromatic nitrogens is 1. The van der Waals surface area contributed by atoms with Crippen LogP contribution in [-0.4, -0.2) is 98.9 Å². The molecule has 0 spiro atoms. The molecular formula is C50H63N3O9. The molecule has 3 aromatic carbocycles. The number of para-hydroxylation sites is 1. The van der Waals surface area contributed by atoms with Crippen molar-refractivity contribution in [3.05, 3.63) is 94.4 Å². The molecule has 12 nitrogen and oxygen atoms in total. The van der Waals surface area contributed by atoms with Crippen LogP contribution < -0.4 is 18.9 Å². The second-order valence-electron chi connectivity index (χ2n) is 17.3. The number of methoxy groups -OCH3 is 4. The Labute approximate surface area is 365 Å². The SMILES string of the molecule is CCO[C@H]1OC(C(=O)N2CCc3cc(OC)c(OC)cc3[C@H]2C[C@H]2C[C@H]3c4cc(OC)c(OC)cc4CCN3C[C@@H]2CC)=C[C@@H](c2cn(C(C)=O)c3ccccc23)[C@@H]1CCCO. The number of benzene rings is 3. The number of fused-ring (bicyclic) bond motifs is 5. The molecule has 1 saturated heterocycles. The van der Waals surface area contributed by atoms with E-state index in [1.165, 1.54) is 11.1 Å². The van der Waals surface area contributed by atoms with E-state index in [2.05, 4.69) is 36.1 Å². The van der Waals surface area contributed by atoms with Gasteiger partial charge in [0.25, 0.3) is 5.91 Å². The first-order valence-corrected chi connectivity index (χ1v) is 22.4. The Morgan fingerprint density at radius 2 is 1.50 bits per heavy atom. The van der Waals surface area contributed by atoms with Gasteiger partial charge in [-0.05, 0) is 122 Å². The minimum absolute atomic E-state index is 0.0156. The first kappa shape index (κ1) is 43.6. The fourth-order valence-electron chi connectivity index (χ4n) is 11.1. The van der Waals surface area contributed by atoms with Crippen LogP contribution in [-0.2, 0) is 27.1 Å². The number of carbonyl (C=O) groups excluding carboxylic acids is 2. The standard InChI is InChI=1S/C50H63N3O9/c1-8-31-28-51-18-16-32-23-44(57-4)46(59-6)25-37(32)42(51)21-34(31)22-43-38-26-47(60-7)45(58-5)24-33(38)17-19-52(43)49(56)48-27-39(36(14-12-20-54)50(62-48)61-9-2)40-29-53(30(3)55)41-15-11-10-13-35(40)41/h10-11,13,15,23-27,29,31,34,36,39,42-43,50,54H,8-9,12,14,16-22,28H2,1-7H3/t31-,34+,36-,39+,42-,43+,50-/m0/s1.